The van der Waals surface area contributed by atoms with Crippen LogP contribution >= 0.6 is 0 Å². The molecule has 3 atom stereocenters. The van der Waals surface area contributed by atoms with Crippen molar-refractivity contribution in [1.29, 1.82) is 0 Å². The van der Waals surface area contributed by atoms with Crippen molar-refractivity contribution < 1.29 is 18.4 Å². The number of rotatable bonds is 4. The molecule has 2 fully saturated rings. The van der Waals surface area contributed by atoms with Gasteiger partial charge in [0, 0.05) is 7.05 Å². The van der Waals surface area contributed by atoms with Crippen LogP contribution in [0.5, 0.6) is 0 Å². The Labute approximate surface area is 154 Å². The second-order valence-electron chi connectivity index (χ2n) is 7.01. The lowest BCUT2D eigenvalue weighted by Crippen LogP contribution is -2.48. The summed E-state index contributed by atoms with van der Waals surface area (Å²) >= 11 is 0. The average Bonchev–Trinajstić information content (AvgIpc) is 2.99. The standard InChI is InChI=1S/C18H19F2N5O2/c1-24-14-12(18(14,19)20)7-8-13(17(24)27)23-16(26)15-21-10-22-25(15)9-11-5-3-2-4-6-11/h2-6,10,12-14H,7-9H2,1H3,(H,23,26)/t12-,13+,14+/m1/s1. The summed E-state index contributed by atoms with van der Waals surface area (Å²) in [7, 11) is 1.36. The van der Waals surface area contributed by atoms with Gasteiger partial charge in [0.05, 0.1) is 12.5 Å². The maximum absolute atomic E-state index is 13.7. The van der Waals surface area contributed by atoms with Crippen LogP contribution < -0.4 is 5.32 Å². The van der Waals surface area contributed by atoms with E-state index in [0.717, 1.165) is 10.5 Å². The zero-order valence-electron chi connectivity index (χ0n) is 14.7. The van der Waals surface area contributed by atoms with E-state index in [1.54, 1.807) is 0 Å². The lowest BCUT2D eigenvalue weighted by molar-refractivity contribution is -0.133. The van der Waals surface area contributed by atoms with E-state index in [2.05, 4.69) is 15.4 Å². The summed E-state index contributed by atoms with van der Waals surface area (Å²) in [6.07, 6.45) is 1.64. The third-order valence-electron chi connectivity index (χ3n) is 5.29. The van der Waals surface area contributed by atoms with Crippen molar-refractivity contribution in [3.63, 3.8) is 0 Å². The molecule has 1 saturated carbocycles. The topological polar surface area (TPSA) is 80.1 Å². The number of nitrogens with zero attached hydrogens (tertiary/aromatic N) is 4. The number of benzene rings is 1. The van der Waals surface area contributed by atoms with Gasteiger partial charge >= 0.3 is 0 Å². The first-order valence-electron chi connectivity index (χ1n) is 8.76. The summed E-state index contributed by atoms with van der Waals surface area (Å²) in [5, 5.41) is 6.70. The summed E-state index contributed by atoms with van der Waals surface area (Å²) in [5.41, 5.74) is 0.949. The molecule has 1 aliphatic carbocycles. The highest BCUT2D eigenvalue weighted by Crippen LogP contribution is 2.55. The predicted octanol–water partition coefficient (Wildman–Crippen LogP) is 1.31. The van der Waals surface area contributed by atoms with Gasteiger partial charge in [-0.1, -0.05) is 30.3 Å². The van der Waals surface area contributed by atoms with Crippen molar-refractivity contribution in [2.45, 2.75) is 37.4 Å². The number of aromatic nitrogens is 3. The SMILES string of the molecule is CN1C(=O)[C@@H](NC(=O)c2ncnn2Cc2ccccc2)CC[C@@H]2[C@H]1C2(F)F. The summed E-state index contributed by atoms with van der Waals surface area (Å²) in [4.78, 5) is 30.2. The molecular formula is C18H19F2N5O2. The van der Waals surface area contributed by atoms with Crippen LogP contribution in [-0.2, 0) is 11.3 Å². The first-order chi connectivity index (χ1) is 12.9. The smallest absolute Gasteiger partial charge is 0.289 e. The highest BCUT2D eigenvalue weighted by molar-refractivity contribution is 5.95. The largest absolute Gasteiger partial charge is 0.338 e. The van der Waals surface area contributed by atoms with E-state index in [1.165, 1.54) is 18.1 Å². The summed E-state index contributed by atoms with van der Waals surface area (Å²) in [6.45, 7) is 0.360. The van der Waals surface area contributed by atoms with E-state index in [4.69, 9.17) is 0 Å². The predicted molar refractivity (Wildman–Crippen MR) is 91.0 cm³/mol. The van der Waals surface area contributed by atoms with Gasteiger partial charge in [-0.3, -0.25) is 9.59 Å². The molecule has 7 nitrogen and oxygen atoms in total. The summed E-state index contributed by atoms with van der Waals surface area (Å²) in [5.74, 6) is -4.61. The van der Waals surface area contributed by atoms with E-state index in [0.29, 0.717) is 6.54 Å². The molecule has 2 heterocycles. The van der Waals surface area contributed by atoms with Crippen LogP contribution in [0.2, 0.25) is 0 Å². The molecule has 0 spiro atoms. The number of nitrogens with one attached hydrogen (secondary N) is 1. The van der Waals surface area contributed by atoms with E-state index in [-0.39, 0.29) is 18.7 Å². The molecular weight excluding hydrogens is 356 g/mol. The Bertz CT molecular complexity index is 870. The zero-order valence-corrected chi connectivity index (χ0v) is 14.7. The Morgan fingerprint density at radius 1 is 1.30 bits per heavy atom. The fourth-order valence-corrected chi connectivity index (χ4v) is 3.77. The van der Waals surface area contributed by atoms with Crippen LogP contribution in [0, 0.1) is 5.92 Å². The number of hydrogen-bond donors (Lipinski definition) is 1. The number of likely N-dealkylation sites (tertiary alicyclic amines) is 1. The number of alkyl halides is 2. The van der Waals surface area contributed by atoms with E-state index in [9.17, 15) is 18.4 Å². The van der Waals surface area contributed by atoms with Gasteiger partial charge in [-0.2, -0.15) is 5.10 Å². The highest BCUT2D eigenvalue weighted by atomic mass is 19.3. The van der Waals surface area contributed by atoms with Gasteiger partial charge in [-0.15, -0.1) is 0 Å². The average molecular weight is 375 g/mol. The van der Waals surface area contributed by atoms with Crippen molar-refractivity contribution in [1.82, 2.24) is 25.0 Å². The quantitative estimate of drug-likeness (QED) is 0.874. The normalized spacial score (nSPS) is 26.3. The molecule has 1 N–H and O–H groups in total. The van der Waals surface area contributed by atoms with Crippen molar-refractivity contribution in [3.05, 3.63) is 48.0 Å². The molecule has 2 amide bonds. The van der Waals surface area contributed by atoms with E-state index in [1.807, 2.05) is 30.3 Å². The molecule has 2 aromatic rings. The lowest BCUT2D eigenvalue weighted by atomic mass is 10.1. The monoisotopic (exact) mass is 375 g/mol. The fraction of sp³-hybridized carbons (Fsp3) is 0.444. The third kappa shape index (κ3) is 3.07. The number of hydrogen-bond acceptors (Lipinski definition) is 4. The van der Waals surface area contributed by atoms with Gasteiger partial charge in [-0.25, -0.2) is 18.4 Å². The van der Waals surface area contributed by atoms with Gasteiger partial charge in [0.25, 0.3) is 11.8 Å². The Balaban J connectivity index is 1.46. The van der Waals surface area contributed by atoms with Crippen molar-refractivity contribution >= 4 is 11.8 Å². The summed E-state index contributed by atoms with van der Waals surface area (Å²) in [6, 6.07) is 7.56. The maximum atomic E-state index is 13.7. The van der Waals surface area contributed by atoms with Crippen molar-refractivity contribution in [2.24, 2.45) is 5.92 Å². The molecule has 2 aliphatic rings. The minimum atomic E-state index is -2.82. The van der Waals surface area contributed by atoms with Gasteiger partial charge in [0.1, 0.15) is 18.4 Å². The lowest BCUT2D eigenvalue weighted by Gasteiger charge is -2.23. The minimum absolute atomic E-state index is 0.0778. The van der Waals surface area contributed by atoms with Crippen LogP contribution in [0.3, 0.4) is 0 Å². The number of fused-ring (bicyclic) bond motifs is 1. The molecule has 9 heteroatoms. The van der Waals surface area contributed by atoms with Crippen LogP contribution in [-0.4, -0.2) is 56.5 Å². The van der Waals surface area contributed by atoms with Gasteiger partial charge in [0.15, 0.2) is 0 Å². The first kappa shape index (κ1) is 17.6. The van der Waals surface area contributed by atoms with Crippen molar-refractivity contribution in [3.8, 4) is 0 Å². The molecule has 142 valence electrons. The van der Waals surface area contributed by atoms with Gasteiger partial charge < -0.3 is 10.2 Å². The fourth-order valence-electron chi connectivity index (χ4n) is 3.77. The molecule has 0 bridgehead atoms. The molecule has 1 aromatic heterocycles. The summed E-state index contributed by atoms with van der Waals surface area (Å²) < 4.78 is 28.8. The third-order valence-corrected chi connectivity index (χ3v) is 5.29. The Morgan fingerprint density at radius 3 is 2.78 bits per heavy atom. The molecule has 0 unspecified atom stereocenters. The van der Waals surface area contributed by atoms with Crippen LogP contribution in [0.25, 0.3) is 0 Å². The minimum Gasteiger partial charge on any atom is -0.338 e. The van der Waals surface area contributed by atoms with E-state index < -0.39 is 35.7 Å². The van der Waals surface area contributed by atoms with Crippen LogP contribution in [0.4, 0.5) is 8.78 Å². The molecule has 27 heavy (non-hydrogen) atoms. The first-order valence-corrected chi connectivity index (χ1v) is 8.76. The molecule has 1 aromatic carbocycles. The van der Waals surface area contributed by atoms with Gasteiger partial charge in [-0.05, 0) is 18.4 Å². The Hall–Kier alpha value is -2.84. The zero-order chi connectivity index (χ0) is 19.2. The number of carbonyl (C=O) groups is 2. The molecule has 1 saturated heterocycles. The second-order valence-corrected chi connectivity index (χ2v) is 7.01. The number of halogens is 2. The number of amides is 2. The number of carbonyl (C=O) groups excluding carboxylic acids is 2. The van der Waals surface area contributed by atoms with E-state index >= 15 is 0 Å². The second kappa shape index (κ2) is 6.40. The molecule has 4 rings (SSSR count). The number of likely N-dealkylation sites (N-methyl/N-ethyl adjacent to an activating group) is 1. The molecule has 0 radical (unpaired) electrons. The highest BCUT2D eigenvalue weighted by Gasteiger charge is 2.71. The van der Waals surface area contributed by atoms with Crippen LogP contribution in [0.1, 0.15) is 29.0 Å². The maximum Gasteiger partial charge on any atom is 0.289 e. The molecule has 1 aliphatic heterocycles. The van der Waals surface area contributed by atoms with Crippen LogP contribution in [0.15, 0.2) is 36.7 Å². The Kier molecular flexibility index (Phi) is 4.16. The Morgan fingerprint density at radius 2 is 2.04 bits per heavy atom. The van der Waals surface area contributed by atoms with Crippen molar-refractivity contribution in [2.75, 3.05) is 7.05 Å². The van der Waals surface area contributed by atoms with Gasteiger partial charge in [0.2, 0.25) is 11.7 Å².